The molecular weight excluding hydrogens is 487 g/mol. The molecule has 1 aromatic heterocycles. The van der Waals surface area contributed by atoms with Crippen LogP contribution in [0.5, 0.6) is 11.5 Å². The Morgan fingerprint density at radius 3 is 2.72 bits per heavy atom. The van der Waals surface area contributed by atoms with Crippen molar-refractivity contribution in [3.05, 3.63) is 47.5 Å². The minimum Gasteiger partial charge on any atom is -0.493 e. The highest BCUT2D eigenvalue weighted by Gasteiger charge is 2.32. The zero-order valence-electron chi connectivity index (χ0n) is 20.5. The maximum absolute atomic E-state index is 14.4. The van der Waals surface area contributed by atoms with Gasteiger partial charge in [-0.1, -0.05) is 31.5 Å². The van der Waals surface area contributed by atoms with E-state index in [1.807, 2.05) is 13.8 Å². The third kappa shape index (κ3) is 5.69. The van der Waals surface area contributed by atoms with Crippen LogP contribution >= 0.6 is 11.6 Å². The van der Waals surface area contributed by atoms with E-state index in [9.17, 15) is 14.3 Å². The van der Waals surface area contributed by atoms with Crippen molar-refractivity contribution in [2.75, 3.05) is 32.1 Å². The molecule has 2 N–H and O–H groups in total. The van der Waals surface area contributed by atoms with E-state index in [0.29, 0.717) is 41.1 Å². The molecule has 0 bridgehead atoms. The standard InChI is InChI=1S/C26H30ClFN4O4/c1-26(2,23(34)13-33)14-32-9-7-16(8-10-32)36-22-12-20-17(11-21(22)35-3)25(30-15-29-20)31-19-6-4-5-18(27)24(19)28/h4-6,11-13,15-16,23,34H,7-10,14H2,1-3H3,(H,29,30,31)/t23-/m1/s1. The minimum atomic E-state index is -0.995. The Kier molecular flexibility index (Phi) is 7.92. The number of nitrogens with zero attached hydrogens (tertiary/aromatic N) is 3. The lowest BCUT2D eigenvalue weighted by molar-refractivity contribution is -0.121. The second-order valence-electron chi connectivity index (χ2n) is 9.63. The number of anilines is 2. The van der Waals surface area contributed by atoms with E-state index >= 15 is 0 Å². The van der Waals surface area contributed by atoms with Crippen molar-refractivity contribution in [2.45, 2.75) is 38.9 Å². The molecule has 0 radical (unpaired) electrons. The molecule has 1 aliphatic rings. The fourth-order valence-electron chi connectivity index (χ4n) is 4.36. The number of nitrogens with one attached hydrogen (secondary N) is 1. The number of benzene rings is 2. The van der Waals surface area contributed by atoms with Crippen molar-refractivity contribution in [3.8, 4) is 11.5 Å². The molecule has 36 heavy (non-hydrogen) atoms. The summed E-state index contributed by atoms with van der Waals surface area (Å²) in [4.78, 5) is 21.9. The lowest BCUT2D eigenvalue weighted by Crippen LogP contribution is -2.46. The molecule has 3 aromatic rings. The molecule has 0 spiro atoms. The normalized spacial score (nSPS) is 16.1. The summed E-state index contributed by atoms with van der Waals surface area (Å²) in [5.41, 5.74) is 0.307. The molecule has 2 aromatic carbocycles. The first-order valence-electron chi connectivity index (χ1n) is 11.8. The van der Waals surface area contributed by atoms with Crippen molar-refractivity contribution in [2.24, 2.45) is 5.41 Å². The van der Waals surface area contributed by atoms with Gasteiger partial charge in [0.25, 0.3) is 0 Å². The Balaban J connectivity index is 1.49. The highest BCUT2D eigenvalue weighted by Crippen LogP contribution is 2.37. The summed E-state index contributed by atoms with van der Waals surface area (Å²) in [6, 6.07) is 8.28. The molecule has 0 aliphatic carbocycles. The lowest BCUT2D eigenvalue weighted by atomic mass is 9.86. The number of likely N-dealkylation sites (tertiary alicyclic amines) is 1. The first kappa shape index (κ1) is 26.1. The summed E-state index contributed by atoms with van der Waals surface area (Å²) in [5.74, 6) is 0.941. The monoisotopic (exact) mass is 516 g/mol. The number of aromatic nitrogens is 2. The van der Waals surface area contributed by atoms with Gasteiger partial charge in [0.15, 0.2) is 17.3 Å². The van der Waals surface area contributed by atoms with Crippen LogP contribution in [0, 0.1) is 11.2 Å². The van der Waals surface area contributed by atoms with E-state index in [1.165, 1.54) is 12.4 Å². The van der Waals surface area contributed by atoms with Crippen molar-refractivity contribution in [3.63, 3.8) is 0 Å². The molecule has 2 heterocycles. The Labute approximate surface area is 214 Å². The van der Waals surface area contributed by atoms with Gasteiger partial charge < -0.3 is 29.6 Å². The van der Waals surface area contributed by atoms with Gasteiger partial charge in [-0.25, -0.2) is 14.4 Å². The van der Waals surface area contributed by atoms with Crippen molar-refractivity contribution in [1.82, 2.24) is 14.9 Å². The smallest absolute Gasteiger partial charge is 0.165 e. The average Bonchev–Trinajstić information content (AvgIpc) is 2.87. The second-order valence-corrected chi connectivity index (χ2v) is 10.0. The van der Waals surface area contributed by atoms with Crippen LogP contribution in [0.25, 0.3) is 10.9 Å². The third-order valence-electron chi connectivity index (χ3n) is 6.51. The van der Waals surface area contributed by atoms with Gasteiger partial charge in [0.2, 0.25) is 0 Å². The summed E-state index contributed by atoms with van der Waals surface area (Å²) in [6.45, 7) is 5.98. The number of aldehydes is 1. The zero-order valence-corrected chi connectivity index (χ0v) is 21.3. The summed E-state index contributed by atoms with van der Waals surface area (Å²) in [5, 5.41) is 13.6. The van der Waals surface area contributed by atoms with Gasteiger partial charge in [-0.15, -0.1) is 0 Å². The topological polar surface area (TPSA) is 96.8 Å². The van der Waals surface area contributed by atoms with E-state index in [2.05, 4.69) is 20.2 Å². The van der Waals surface area contributed by atoms with E-state index in [1.54, 1.807) is 31.4 Å². The van der Waals surface area contributed by atoms with Gasteiger partial charge in [-0.05, 0) is 31.0 Å². The first-order valence-corrected chi connectivity index (χ1v) is 12.2. The number of ether oxygens (including phenoxy) is 2. The number of halogens is 2. The summed E-state index contributed by atoms with van der Waals surface area (Å²) >= 11 is 5.91. The number of rotatable bonds is 9. The molecule has 8 nitrogen and oxygen atoms in total. The summed E-state index contributed by atoms with van der Waals surface area (Å²) in [7, 11) is 1.56. The predicted octanol–water partition coefficient (Wildman–Crippen LogP) is 4.60. The maximum atomic E-state index is 14.4. The Morgan fingerprint density at radius 2 is 2.03 bits per heavy atom. The number of hydrogen-bond donors (Lipinski definition) is 2. The van der Waals surface area contributed by atoms with E-state index in [-0.39, 0.29) is 16.8 Å². The van der Waals surface area contributed by atoms with Crippen LogP contribution < -0.4 is 14.8 Å². The molecule has 10 heteroatoms. The van der Waals surface area contributed by atoms with Crippen LogP contribution in [-0.4, -0.2) is 65.2 Å². The van der Waals surface area contributed by atoms with Crippen LogP contribution in [0.3, 0.4) is 0 Å². The molecule has 0 saturated carbocycles. The lowest BCUT2D eigenvalue weighted by Gasteiger charge is -2.38. The summed E-state index contributed by atoms with van der Waals surface area (Å²) < 4.78 is 26.3. The van der Waals surface area contributed by atoms with Gasteiger partial charge in [0.1, 0.15) is 30.6 Å². The number of aliphatic hydroxyl groups excluding tert-OH is 1. The number of carbonyl (C=O) groups excluding carboxylic acids is 1. The van der Waals surface area contributed by atoms with Crippen LogP contribution in [0.15, 0.2) is 36.7 Å². The number of fused-ring (bicyclic) bond motifs is 1. The van der Waals surface area contributed by atoms with Crippen LogP contribution in [0.1, 0.15) is 26.7 Å². The van der Waals surface area contributed by atoms with Gasteiger partial charge >= 0.3 is 0 Å². The number of carbonyl (C=O) groups is 1. The fourth-order valence-corrected chi connectivity index (χ4v) is 4.54. The maximum Gasteiger partial charge on any atom is 0.165 e. The molecule has 1 atom stereocenters. The molecule has 0 amide bonds. The van der Waals surface area contributed by atoms with Crippen molar-refractivity contribution in [1.29, 1.82) is 0 Å². The van der Waals surface area contributed by atoms with Crippen LogP contribution in [0.4, 0.5) is 15.9 Å². The van der Waals surface area contributed by atoms with Gasteiger partial charge in [-0.3, -0.25) is 0 Å². The number of aliphatic hydroxyl groups is 1. The molecule has 0 unspecified atom stereocenters. The molecule has 1 fully saturated rings. The first-order chi connectivity index (χ1) is 17.2. The molecule has 1 saturated heterocycles. The van der Waals surface area contributed by atoms with Gasteiger partial charge in [0.05, 0.1) is 23.3 Å². The quantitative estimate of drug-likeness (QED) is 0.398. The minimum absolute atomic E-state index is 0.0150. The van der Waals surface area contributed by atoms with Gasteiger partial charge in [0, 0.05) is 36.5 Å². The molecule has 1 aliphatic heterocycles. The SMILES string of the molecule is COc1cc2c(Nc3cccc(Cl)c3F)ncnc2cc1OC1CCN(CC(C)(C)[C@H](O)C=O)CC1. The van der Waals surface area contributed by atoms with Crippen molar-refractivity contribution >= 4 is 40.3 Å². The number of methoxy groups -OCH3 is 1. The highest BCUT2D eigenvalue weighted by molar-refractivity contribution is 6.31. The molecule has 192 valence electrons. The Morgan fingerprint density at radius 1 is 1.28 bits per heavy atom. The number of hydrogen-bond acceptors (Lipinski definition) is 8. The molecular formula is C26H30ClFN4O4. The molecule has 4 rings (SSSR count). The second kappa shape index (κ2) is 10.9. The Hall–Kier alpha value is -3.01. The predicted molar refractivity (Wildman–Crippen MR) is 137 cm³/mol. The number of piperidine rings is 1. The van der Waals surface area contributed by atoms with Crippen LogP contribution in [-0.2, 0) is 4.79 Å². The largest absolute Gasteiger partial charge is 0.493 e. The van der Waals surface area contributed by atoms with Crippen molar-refractivity contribution < 1.29 is 23.8 Å². The Bertz CT molecular complexity index is 1230. The van der Waals surface area contributed by atoms with E-state index < -0.39 is 17.3 Å². The van der Waals surface area contributed by atoms with E-state index in [0.717, 1.165) is 25.9 Å². The highest BCUT2D eigenvalue weighted by atomic mass is 35.5. The average molecular weight is 517 g/mol. The van der Waals surface area contributed by atoms with E-state index in [4.69, 9.17) is 21.1 Å². The third-order valence-corrected chi connectivity index (χ3v) is 6.81. The van der Waals surface area contributed by atoms with Gasteiger partial charge in [-0.2, -0.15) is 0 Å². The zero-order chi connectivity index (χ0) is 25.9. The fraction of sp³-hybridized carbons (Fsp3) is 0.423. The van der Waals surface area contributed by atoms with Crippen LogP contribution in [0.2, 0.25) is 5.02 Å². The summed E-state index contributed by atoms with van der Waals surface area (Å²) in [6.07, 6.45) is 2.56.